The van der Waals surface area contributed by atoms with Crippen molar-refractivity contribution in [1.29, 1.82) is 0 Å². The lowest BCUT2D eigenvalue weighted by atomic mass is 9.79. The molecule has 0 saturated carbocycles. The molecule has 1 aliphatic heterocycles. The van der Waals surface area contributed by atoms with Gasteiger partial charge >= 0.3 is 12.2 Å². The second-order valence-corrected chi connectivity index (χ2v) is 14.3. The molecule has 24 heavy (non-hydrogen) atoms. The van der Waals surface area contributed by atoms with Gasteiger partial charge in [0.1, 0.15) is 6.29 Å². The number of rotatable bonds is 5. The fourth-order valence-corrected chi connectivity index (χ4v) is 3.79. The van der Waals surface area contributed by atoms with E-state index >= 15 is 0 Å². The van der Waals surface area contributed by atoms with Gasteiger partial charge in [-0.2, -0.15) is 0 Å². The molecule has 1 fully saturated rings. The Kier molecular flexibility index (Phi) is 6.43. The van der Waals surface area contributed by atoms with Crippen LogP contribution in [0.2, 0.25) is 25.7 Å². The minimum Gasteiger partial charge on any atom is -0.465 e. The molecule has 1 rings (SSSR count). The van der Waals surface area contributed by atoms with Crippen LogP contribution in [0, 0.1) is 11.3 Å². The third-order valence-electron chi connectivity index (χ3n) is 4.24. The van der Waals surface area contributed by atoms with Crippen molar-refractivity contribution in [2.24, 2.45) is 11.3 Å². The lowest BCUT2D eigenvalue weighted by molar-refractivity contribution is -0.113. The third kappa shape index (κ3) is 5.50. The van der Waals surface area contributed by atoms with E-state index in [4.69, 9.17) is 4.74 Å². The Hall–Kier alpha value is -1.57. The number of carbonyl (C=O) groups is 3. The summed E-state index contributed by atoms with van der Waals surface area (Å²) in [6, 6.07) is -0.198. The van der Waals surface area contributed by atoms with Gasteiger partial charge in [-0.05, 0) is 11.5 Å². The maximum Gasteiger partial charge on any atom is 0.407 e. The molecule has 1 saturated heterocycles. The number of carbonyl (C=O) groups excluding carboxylic acids is 2. The smallest absolute Gasteiger partial charge is 0.407 e. The van der Waals surface area contributed by atoms with Gasteiger partial charge in [-0.3, -0.25) is 0 Å². The highest BCUT2D eigenvalue weighted by atomic mass is 28.3. The van der Waals surface area contributed by atoms with Crippen LogP contribution in [0.4, 0.5) is 9.59 Å². The van der Waals surface area contributed by atoms with Gasteiger partial charge in [0, 0.05) is 14.6 Å². The van der Waals surface area contributed by atoms with E-state index in [-0.39, 0.29) is 6.54 Å². The second kappa shape index (κ2) is 7.54. The van der Waals surface area contributed by atoms with Crippen LogP contribution in [0.3, 0.4) is 0 Å². The molecule has 0 aromatic carbocycles. The second-order valence-electron chi connectivity index (χ2n) is 8.66. The van der Waals surface area contributed by atoms with Crippen molar-refractivity contribution in [3.8, 4) is 0 Å². The number of alkyl carbamates (subject to hydrolysis) is 1. The molecule has 3 unspecified atom stereocenters. The summed E-state index contributed by atoms with van der Waals surface area (Å²) in [6.45, 7) is 12.6. The van der Waals surface area contributed by atoms with Crippen LogP contribution in [0.1, 0.15) is 20.8 Å². The molecule has 2 N–H and O–H groups in total. The molecular formula is C16H30N2O5Si. The Morgan fingerprint density at radius 3 is 2.33 bits per heavy atom. The van der Waals surface area contributed by atoms with Crippen LogP contribution >= 0.6 is 0 Å². The summed E-state index contributed by atoms with van der Waals surface area (Å²) in [5.41, 5.74) is -0.415. The van der Waals surface area contributed by atoms with Gasteiger partial charge in [-0.25, -0.2) is 9.59 Å². The zero-order chi connectivity index (χ0) is 18.7. The van der Waals surface area contributed by atoms with Gasteiger partial charge in [0.25, 0.3) is 0 Å². The van der Waals surface area contributed by atoms with Gasteiger partial charge in [0.05, 0.1) is 24.6 Å². The molecule has 0 spiro atoms. The predicted octanol–water partition coefficient (Wildman–Crippen LogP) is 2.64. The molecule has 0 aromatic rings. The summed E-state index contributed by atoms with van der Waals surface area (Å²) >= 11 is 0. The van der Waals surface area contributed by atoms with E-state index in [1.54, 1.807) is 0 Å². The van der Waals surface area contributed by atoms with E-state index in [2.05, 4.69) is 25.0 Å². The maximum absolute atomic E-state index is 12.0. The molecule has 0 aliphatic carbocycles. The molecule has 1 aliphatic rings. The standard InChI is InChI=1S/C16H30N2O5Si/c1-16(2,3)13-11(10-19)12(9-18(13)15(21)22)17-14(20)23-7-8-24(4,5)6/h10-13H,7-9H2,1-6H3,(H,17,20)(H,21,22). The lowest BCUT2D eigenvalue weighted by Crippen LogP contribution is -2.46. The van der Waals surface area contributed by atoms with Crippen molar-refractivity contribution in [1.82, 2.24) is 10.2 Å². The minimum atomic E-state index is -1.30. The number of nitrogens with one attached hydrogen (secondary N) is 1. The normalized spacial score (nSPS) is 24.6. The summed E-state index contributed by atoms with van der Waals surface area (Å²) in [5.74, 6) is -0.592. The largest absolute Gasteiger partial charge is 0.465 e. The first kappa shape index (κ1) is 20.5. The fourth-order valence-electron chi connectivity index (χ4n) is 3.07. The SMILES string of the molecule is CC(C)(C)C1C(C=O)C(NC(=O)OCC[Si](C)(C)C)CN1C(=O)O. The van der Waals surface area contributed by atoms with Crippen LogP contribution in [0.25, 0.3) is 0 Å². The van der Waals surface area contributed by atoms with Gasteiger partial charge in [0.15, 0.2) is 0 Å². The number of carboxylic acid groups (broad SMARTS) is 1. The zero-order valence-corrected chi connectivity index (χ0v) is 16.5. The summed E-state index contributed by atoms with van der Waals surface area (Å²) < 4.78 is 5.19. The highest BCUT2D eigenvalue weighted by Crippen LogP contribution is 2.36. The van der Waals surface area contributed by atoms with Crippen molar-refractivity contribution >= 4 is 26.5 Å². The number of likely N-dealkylation sites (tertiary alicyclic amines) is 1. The summed E-state index contributed by atoms with van der Waals surface area (Å²) in [5, 5.41) is 12.1. The van der Waals surface area contributed by atoms with Gasteiger partial charge in [0.2, 0.25) is 0 Å². The van der Waals surface area contributed by atoms with E-state index in [9.17, 15) is 19.5 Å². The number of aldehydes is 1. The lowest BCUT2D eigenvalue weighted by Gasteiger charge is -2.35. The summed E-state index contributed by atoms with van der Waals surface area (Å²) in [6.07, 6.45) is -0.936. The quantitative estimate of drug-likeness (QED) is 0.582. The number of nitrogens with zero attached hydrogens (tertiary/aromatic N) is 1. The van der Waals surface area contributed by atoms with Crippen LogP contribution in [0.5, 0.6) is 0 Å². The van der Waals surface area contributed by atoms with Gasteiger partial charge in [-0.1, -0.05) is 40.4 Å². The Balaban J connectivity index is 2.75. The topological polar surface area (TPSA) is 95.9 Å². The Bertz CT molecular complexity index is 484. The molecule has 3 atom stereocenters. The number of ether oxygens (including phenoxy) is 1. The van der Waals surface area contributed by atoms with Crippen LogP contribution in [-0.2, 0) is 9.53 Å². The predicted molar refractivity (Wildman–Crippen MR) is 94.0 cm³/mol. The third-order valence-corrected chi connectivity index (χ3v) is 5.94. The van der Waals surface area contributed by atoms with Crippen molar-refractivity contribution in [3.05, 3.63) is 0 Å². The molecule has 0 aromatic heterocycles. The average Bonchev–Trinajstić information content (AvgIpc) is 2.75. The van der Waals surface area contributed by atoms with E-state index in [1.807, 2.05) is 20.8 Å². The number of amides is 2. The van der Waals surface area contributed by atoms with Crippen LogP contribution in [0.15, 0.2) is 0 Å². The Morgan fingerprint density at radius 1 is 1.33 bits per heavy atom. The highest BCUT2D eigenvalue weighted by molar-refractivity contribution is 6.76. The van der Waals surface area contributed by atoms with E-state index in [1.165, 1.54) is 4.90 Å². The van der Waals surface area contributed by atoms with Crippen molar-refractivity contribution in [3.63, 3.8) is 0 Å². The Labute approximate surface area is 144 Å². The summed E-state index contributed by atoms with van der Waals surface area (Å²) in [4.78, 5) is 36.3. The first-order valence-electron chi connectivity index (χ1n) is 8.25. The molecule has 0 radical (unpaired) electrons. The maximum atomic E-state index is 12.0. The monoisotopic (exact) mass is 358 g/mol. The molecule has 7 nitrogen and oxygen atoms in total. The molecule has 138 valence electrons. The van der Waals surface area contributed by atoms with Crippen LogP contribution in [-0.4, -0.2) is 61.8 Å². The molecule has 0 bridgehead atoms. The zero-order valence-electron chi connectivity index (χ0n) is 15.5. The van der Waals surface area contributed by atoms with E-state index in [0.717, 1.165) is 12.3 Å². The summed E-state index contributed by atoms with van der Waals surface area (Å²) in [7, 11) is -1.30. The molecule has 8 heteroatoms. The van der Waals surface area contributed by atoms with Crippen molar-refractivity contribution in [2.45, 2.75) is 58.5 Å². The average molecular weight is 359 g/mol. The molecule has 1 heterocycles. The minimum absolute atomic E-state index is 0.0871. The van der Waals surface area contributed by atoms with Gasteiger partial charge < -0.3 is 24.9 Å². The van der Waals surface area contributed by atoms with Crippen molar-refractivity contribution in [2.75, 3.05) is 13.2 Å². The van der Waals surface area contributed by atoms with Crippen LogP contribution < -0.4 is 5.32 Å². The fraction of sp³-hybridized carbons (Fsp3) is 0.812. The highest BCUT2D eigenvalue weighted by Gasteiger charge is 2.49. The molecular weight excluding hydrogens is 328 g/mol. The number of hydrogen-bond donors (Lipinski definition) is 2. The first-order chi connectivity index (χ1) is 10.9. The van der Waals surface area contributed by atoms with Gasteiger partial charge in [-0.15, -0.1) is 0 Å². The van der Waals surface area contributed by atoms with E-state index < -0.39 is 43.7 Å². The van der Waals surface area contributed by atoms with E-state index in [0.29, 0.717) is 6.61 Å². The van der Waals surface area contributed by atoms with Crippen molar-refractivity contribution < 1.29 is 24.2 Å². The molecule has 2 amide bonds. The Morgan fingerprint density at radius 2 is 1.92 bits per heavy atom. The number of hydrogen-bond acceptors (Lipinski definition) is 4. The first-order valence-corrected chi connectivity index (χ1v) is 12.0.